The van der Waals surface area contributed by atoms with Crippen LogP contribution in [-0.2, 0) is 11.3 Å². The van der Waals surface area contributed by atoms with Gasteiger partial charge in [0.15, 0.2) is 0 Å². The predicted octanol–water partition coefficient (Wildman–Crippen LogP) is 4.65. The highest BCUT2D eigenvalue weighted by molar-refractivity contribution is 6.30. The summed E-state index contributed by atoms with van der Waals surface area (Å²) in [5, 5.41) is 11.4. The van der Waals surface area contributed by atoms with Crippen LogP contribution in [0.25, 0.3) is 11.0 Å². The number of aliphatic hydroxyl groups is 1. The Morgan fingerprint density at radius 3 is 2.55 bits per heavy atom. The Morgan fingerprint density at radius 2 is 1.76 bits per heavy atom. The molecule has 5 rings (SSSR count). The summed E-state index contributed by atoms with van der Waals surface area (Å²) in [4.78, 5) is 19.5. The van der Waals surface area contributed by atoms with Gasteiger partial charge in [-0.15, -0.1) is 0 Å². The molecule has 6 nitrogen and oxygen atoms in total. The second-order valence-electron chi connectivity index (χ2n) is 8.23. The van der Waals surface area contributed by atoms with Crippen LogP contribution in [0.3, 0.4) is 0 Å². The SMILES string of the molecule is O=C1C[C@@H](c2nc3ccccc3n2C[C@H](O)COc2ccc(Cl)cc2)CN1c1ccccc1. The number of nitrogens with zero attached hydrogens (tertiary/aromatic N) is 3. The number of fused-ring (bicyclic) bond motifs is 1. The summed E-state index contributed by atoms with van der Waals surface area (Å²) in [5.41, 5.74) is 2.68. The highest BCUT2D eigenvalue weighted by atomic mass is 35.5. The molecule has 4 aromatic rings. The molecule has 3 aromatic carbocycles. The highest BCUT2D eigenvalue weighted by Gasteiger charge is 2.35. The van der Waals surface area contributed by atoms with E-state index in [1.165, 1.54) is 0 Å². The molecule has 0 saturated carbocycles. The minimum absolute atomic E-state index is 0.0607. The van der Waals surface area contributed by atoms with Crippen molar-refractivity contribution in [3.8, 4) is 5.75 Å². The standard InChI is InChI=1S/C26H24ClN3O3/c27-19-10-12-22(13-11-19)33-17-21(31)16-30-24-9-5-4-8-23(24)28-26(30)18-14-25(32)29(15-18)20-6-2-1-3-7-20/h1-13,18,21,31H,14-17H2/t18-,21+/m1/s1. The summed E-state index contributed by atoms with van der Waals surface area (Å²) in [6, 6.07) is 24.6. The van der Waals surface area contributed by atoms with Crippen LogP contribution < -0.4 is 9.64 Å². The van der Waals surface area contributed by atoms with Gasteiger partial charge in [0, 0.05) is 29.6 Å². The average Bonchev–Trinajstić information content (AvgIpc) is 3.40. The van der Waals surface area contributed by atoms with Crippen LogP contribution in [0, 0.1) is 0 Å². The number of imidazole rings is 1. The maximum absolute atomic E-state index is 12.8. The molecule has 1 aliphatic heterocycles. The monoisotopic (exact) mass is 461 g/mol. The van der Waals surface area contributed by atoms with E-state index in [0.717, 1.165) is 22.5 Å². The highest BCUT2D eigenvalue weighted by Crippen LogP contribution is 2.33. The van der Waals surface area contributed by atoms with E-state index < -0.39 is 6.10 Å². The van der Waals surface area contributed by atoms with Gasteiger partial charge in [0.2, 0.25) is 5.91 Å². The number of carbonyl (C=O) groups excluding carboxylic acids is 1. The fourth-order valence-electron chi connectivity index (χ4n) is 4.32. The van der Waals surface area contributed by atoms with Gasteiger partial charge in [-0.05, 0) is 48.5 Å². The van der Waals surface area contributed by atoms with Gasteiger partial charge < -0.3 is 19.3 Å². The molecule has 1 aromatic heterocycles. The molecule has 1 aliphatic rings. The van der Waals surface area contributed by atoms with Gasteiger partial charge in [-0.3, -0.25) is 4.79 Å². The molecule has 0 spiro atoms. The lowest BCUT2D eigenvalue weighted by Gasteiger charge is -2.19. The number of halogens is 1. The first-order valence-corrected chi connectivity index (χ1v) is 11.3. The molecule has 0 aliphatic carbocycles. The number of anilines is 1. The number of para-hydroxylation sites is 3. The number of hydrogen-bond donors (Lipinski definition) is 1. The molecule has 1 fully saturated rings. The number of hydrogen-bond acceptors (Lipinski definition) is 4. The van der Waals surface area contributed by atoms with Crippen LogP contribution >= 0.6 is 11.6 Å². The molecular formula is C26H24ClN3O3. The number of benzene rings is 3. The Hall–Kier alpha value is -3.35. The third-order valence-corrected chi connectivity index (χ3v) is 6.14. The molecule has 1 amide bonds. The second-order valence-corrected chi connectivity index (χ2v) is 8.67. The van der Waals surface area contributed by atoms with E-state index in [1.807, 2.05) is 64.1 Å². The number of amides is 1. The Labute approximate surface area is 197 Å². The molecule has 0 bridgehead atoms. The first kappa shape index (κ1) is 21.5. The van der Waals surface area contributed by atoms with Crippen LogP contribution in [0.5, 0.6) is 5.75 Å². The summed E-state index contributed by atoms with van der Waals surface area (Å²) in [7, 11) is 0. The van der Waals surface area contributed by atoms with Crippen molar-refractivity contribution in [2.45, 2.75) is 25.0 Å². The zero-order chi connectivity index (χ0) is 22.8. The minimum Gasteiger partial charge on any atom is -0.491 e. The van der Waals surface area contributed by atoms with Crippen molar-refractivity contribution in [1.82, 2.24) is 9.55 Å². The Balaban J connectivity index is 1.37. The van der Waals surface area contributed by atoms with E-state index in [9.17, 15) is 9.90 Å². The zero-order valence-electron chi connectivity index (χ0n) is 18.0. The van der Waals surface area contributed by atoms with Crippen molar-refractivity contribution < 1.29 is 14.6 Å². The molecular weight excluding hydrogens is 438 g/mol. The molecule has 2 heterocycles. The molecule has 0 radical (unpaired) electrons. The van der Waals surface area contributed by atoms with Gasteiger partial charge in [0.25, 0.3) is 0 Å². The second kappa shape index (κ2) is 9.25. The van der Waals surface area contributed by atoms with E-state index in [2.05, 4.69) is 0 Å². The largest absolute Gasteiger partial charge is 0.491 e. The molecule has 2 atom stereocenters. The molecule has 33 heavy (non-hydrogen) atoms. The minimum atomic E-state index is -0.751. The Morgan fingerprint density at radius 1 is 1.03 bits per heavy atom. The van der Waals surface area contributed by atoms with E-state index in [0.29, 0.717) is 30.3 Å². The summed E-state index contributed by atoms with van der Waals surface area (Å²) < 4.78 is 7.76. The normalized spacial score (nSPS) is 17.0. The number of rotatable bonds is 7. The summed E-state index contributed by atoms with van der Waals surface area (Å²) in [5.74, 6) is 1.48. The molecule has 1 N–H and O–H groups in total. The van der Waals surface area contributed by atoms with Crippen LogP contribution in [0.1, 0.15) is 18.2 Å². The predicted molar refractivity (Wildman–Crippen MR) is 129 cm³/mol. The topological polar surface area (TPSA) is 67.6 Å². The molecule has 0 unspecified atom stereocenters. The van der Waals surface area contributed by atoms with Gasteiger partial charge in [-0.2, -0.15) is 0 Å². The summed E-state index contributed by atoms with van der Waals surface area (Å²) >= 11 is 5.92. The lowest BCUT2D eigenvalue weighted by atomic mass is 10.1. The van der Waals surface area contributed by atoms with Crippen molar-refractivity contribution in [2.24, 2.45) is 0 Å². The van der Waals surface area contributed by atoms with Gasteiger partial charge in [-0.1, -0.05) is 41.9 Å². The summed E-state index contributed by atoms with van der Waals surface area (Å²) in [6.07, 6.45) is -0.366. The smallest absolute Gasteiger partial charge is 0.227 e. The third-order valence-electron chi connectivity index (χ3n) is 5.89. The fraction of sp³-hybridized carbons (Fsp3) is 0.231. The van der Waals surface area contributed by atoms with Crippen molar-refractivity contribution in [3.05, 3.63) is 89.7 Å². The first-order chi connectivity index (χ1) is 16.1. The van der Waals surface area contributed by atoms with Gasteiger partial charge in [-0.25, -0.2) is 4.98 Å². The van der Waals surface area contributed by atoms with Crippen LogP contribution in [0.15, 0.2) is 78.9 Å². The van der Waals surface area contributed by atoms with Crippen LogP contribution in [-0.4, -0.2) is 39.8 Å². The van der Waals surface area contributed by atoms with Crippen molar-refractivity contribution in [3.63, 3.8) is 0 Å². The lowest BCUT2D eigenvalue weighted by Crippen LogP contribution is -2.26. The van der Waals surface area contributed by atoms with Gasteiger partial charge in [0.05, 0.1) is 17.6 Å². The van der Waals surface area contributed by atoms with Crippen molar-refractivity contribution in [2.75, 3.05) is 18.1 Å². The average molecular weight is 462 g/mol. The maximum Gasteiger partial charge on any atom is 0.227 e. The maximum atomic E-state index is 12.8. The number of aliphatic hydroxyl groups excluding tert-OH is 1. The van der Waals surface area contributed by atoms with E-state index in [-0.39, 0.29) is 18.4 Å². The Kier molecular flexibility index (Phi) is 6.03. The zero-order valence-corrected chi connectivity index (χ0v) is 18.7. The van der Waals surface area contributed by atoms with E-state index >= 15 is 0 Å². The third kappa shape index (κ3) is 4.58. The van der Waals surface area contributed by atoms with Crippen molar-refractivity contribution >= 4 is 34.2 Å². The number of aromatic nitrogens is 2. The van der Waals surface area contributed by atoms with Crippen molar-refractivity contribution in [1.29, 1.82) is 0 Å². The molecule has 1 saturated heterocycles. The molecule has 7 heteroatoms. The van der Waals surface area contributed by atoms with E-state index in [4.69, 9.17) is 21.3 Å². The fourth-order valence-corrected chi connectivity index (χ4v) is 4.45. The van der Waals surface area contributed by atoms with Crippen LogP contribution in [0.2, 0.25) is 5.02 Å². The van der Waals surface area contributed by atoms with Gasteiger partial charge >= 0.3 is 0 Å². The summed E-state index contributed by atoms with van der Waals surface area (Å²) in [6.45, 7) is 1.01. The number of carbonyl (C=O) groups is 1. The quantitative estimate of drug-likeness (QED) is 0.435. The van der Waals surface area contributed by atoms with Gasteiger partial charge in [0.1, 0.15) is 24.3 Å². The number of ether oxygens (including phenoxy) is 1. The Bertz CT molecular complexity index is 1260. The molecule has 168 valence electrons. The van der Waals surface area contributed by atoms with Crippen LogP contribution in [0.4, 0.5) is 5.69 Å². The van der Waals surface area contributed by atoms with E-state index in [1.54, 1.807) is 24.3 Å². The lowest BCUT2D eigenvalue weighted by molar-refractivity contribution is -0.117. The first-order valence-electron chi connectivity index (χ1n) is 11.0.